The van der Waals surface area contributed by atoms with Crippen molar-refractivity contribution >= 4 is 46.9 Å². The molecule has 38 heavy (non-hydrogen) atoms. The average Bonchev–Trinajstić information content (AvgIpc) is 2.90. The molecule has 11 heteroatoms. The molecule has 1 heterocycles. The number of non-ortho nitro benzene ring substituents is 1. The molecule has 4 amide bonds. The van der Waals surface area contributed by atoms with Gasteiger partial charge in [-0.25, -0.2) is 9.69 Å². The molecule has 1 aliphatic rings. The van der Waals surface area contributed by atoms with Gasteiger partial charge in [0, 0.05) is 22.7 Å². The van der Waals surface area contributed by atoms with Crippen LogP contribution in [0.15, 0.2) is 72.3 Å². The van der Waals surface area contributed by atoms with Crippen molar-refractivity contribution in [2.24, 2.45) is 0 Å². The lowest BCUT2D eigenvalue weighted by atomic mass is 10.1. The molecule has 0 spiro atoms. The number of ether oxygens (including phenoxy) is 2. The second-order valence-corrected chi connectivity index (χ2v) is 8.63. The van der Waals surface area contributed by atoms with Gasteiger partial charge >= 0.3 is 6.03 Å². The zero-order valence-corrected chi connectivity index (χ0v) is 20.9. The van der Waals surface area contributed by atoms with Crippen LogP contribution in [0.3, 0.4) is 0 Å². The van der Waals surface area contributed by atoms with Gasteiger partial charge in [0.1, 0.15) is 23.7 Å². The Bertz CT molecular complexity index is 1440. The van der Waals surface area contributed by atoms with Gasteiger partial charge in [0.25, 0.3) is 17.5 Å². The van der Waals surface area contributed by atoms with E-state index >= 15 is 0 Å². The quantitative estimate of drug-likeness (QED) is 0.171. The minimum absolute atomic E-state index is 0.0172. The zero-order chi connectivity index (χ0) is 27.2. The van der Waals surface area contributed by atoms with Gasteiger partial charge in [-0.1, -0.05) is 30.7 Å². The second kappa shape index (κ2) is 11.6. The van der Waals surface area contributed by atoms with E-state index in [1.54, 1.807) is 48.5 Å². The van der Waals surface area contributed by atoms with Crippen molar-refractivity contribution in [3.8, 4) is 11.5 Å². The maximum atomic E-state index is 13.3. The van der Waals surface area contributed by atoms with Gasteiger partial charge < -0.3 is 9.47 Å². The van der Waals surface area contributed by atoms with E-state index in [4.69, 9.17) is 21.1 Å². The molecule has 194 valence electrons. The molecular formula is C27H22ClN3O7. The molecule has 0 saturated carbocycles. The summed E-state index contributed by atoms with van der Waals surface area (Å²) in [6, 6.07) is 16.0. The molecule has 4 rings (SSSR count). The fourth-order valence-corrected chi connectivity index (χ4v) is 3.82. The van der Waals surface area contributed by atoms with E-state index in [9.17, 15) is 24.5 Å². The van der Waals surface area contributed by atoms with Crippen LogP contribution in [0.25, 0.3) is 6.08 Å². The van der Waals surface area contributed by atoms with Crippen molar-refractivity contribution in [2.45, 2.75) is 20.0 Å². The first-order chi connectivity index (χ1) is 18.3. The number of hydrogen-bond acceptors (Lipinski definition) is 7. The third-order valence-electron chi connectivity index (χ3n) is 5.46. The number of barbiturate groups is 1. The number of urea groups is 1. The van der Waals surface area contributed by atoms with E-state index in [1.807, 2.05) is 6.92 Å². The molecule has 0 unspecified atom stereocenters. The fourth-order valence-electron chi connectivity index (χ4n) is 3.64. The van der Waals surface area contributed by atoms with Crippen molar-refractivity contribution in [3.05, 3.63) is 98.6 Å². The van der Waals surface area contributed by atoms with Crippen molar-refractivity contribution in [1.29, 1.82) is 0 Å². The molecule has 1 saturated heterocycles. The van der Waals surface area contributed by atoms with Gasteiger partial charge in [0.05, 0.1) is 17.2 Å². The monoisotopic (exact) mass is 535 g/mol. The summed E-state index contributed by atoms with van der Waals surface area (Å²) in [5.41, 5.74) is 0.714. The van der Waals surface area contributed by atoms with E-state index in [-0.39, 0.29) is 29.3 Å². The number of anilines is 1. The SMILES string of the molecule is CCCOc1ccc(N2C(=O)NC(=O)/C(=C/c3cc(Cl)ccc3OCc3cccc([N+](=O)[O-])c3)C2=O)cc1. The molecule has 1 aliphatic heterocycles. The number of nitrogens with one attached hydrogen (secondary N) is 1. The summed E-state index contributed by atoms with van der Waals surface area (Å²) in [7, 11) is 0. The highest BCUT2D eigenvalue weighted by Gasteiger charge is 2.37. The van der Waals surface area contributed by atoms with Gasteiger partial charge in [0.2, 0.25) is 0 Å². The highest BCUT2D eigenvalue weighted by Crippen LogP contribution is 2.29. The Morgan fingerprint density at radius 1 is 1.03 bits per heavy atom. The first kappa shape index (κ1) is 26.4. The van der Waals surface area contributed by atoms with Crippen LogP contribution in [-0.2, 0) is 16.2 Å². The number of benzene rings is 3. The molecule has 0 aromatic heterocycles. The normalized spacial score (nSPS) is 14.4. The molecule has 10 nitrogen and oxygen atoms in total. The zero-order valence-electron chi connectivity index (χ0n) is 20.2. The summed E-state index contributed by atoms with van der Waals surface area (Å²) in [6.45, 7) is 2.48. The Hall–Kier alpha value is -4.70. The van der Waals surface area contributed by atoms with Crippen LogP contribution in [0.2, 0.25) is 5.02 Å². The van der Waals surface area contributed by atoms with E-state index in [2.05, 4.69) is 5.32 Å². The molecule has 0 aliphatic carbocycles. The number of nitrogens with zero attached hydrogens (tertiary/aromatic N) is 2. The maximum Gasteiger partial charge on any atom is 0.335 e. The number of imide groups is 2. The molecule has 1 N–H and O–H groups in total. The first-order valence-electron chi connectivity index (χ1n) is 11.6. The van der Waals surface area contributed by atoms with Crippen LogP contribution in [0, 0.1) is 10.1 Å². The average molecular weight is 536 g/mol. The molecule has 3 aromatic rings. The third kappa shape index (κ3) is 5.98. The number of carbonyl (C=O) groups is 3. The van der Waals surface area contributed by atoms with Gasteiger partial charge in [-0.2, -0.15) is 0 Å². The lowest BCUT2D eigenvalue weighted by Gasteiger charge is -2.26. The predicted octanol–water partition coefficient (Wildman–Crippen LogP) is 5.28. The first-order valence-corrected chi connectivity index (χ1v) is 11.9. The van der Waals surface area contributed by atoms with Crippen LogP contribution in [0.4, 0.5) is 16.2 Å². The molecule has 0 radical (unpaired) electrons. The Labute approximate surface area is 222 Å². The van der Waals surface area contributed by atoms with Gasteiger partial charge in [-0.3, -0.25) is 25.0 Å². The smallest absolute Gasteiger partial charge is 0.335 e. The van der Waals surface area contributed by atoms with Crippen LogP contribution in [0.1, 0.15) is 24.5 Å². The number of carbonyl (C=O) groups excluding carboxylic acids is 3. The Kier molecular flexibility index (Phi) is 8.03. The minimum atomic E-state index is -0.882. The minimum Gasteiger partial charge on any atom is -0.494 e. The molecule has 1 fully saturated rings. The van der Waals surface area contributed by atoms with Crippen molar-refractivity contribution < 1.29 is 28.8 Å². The molecule has 0 bridgehead atoms. The lowest BCUT2D eigenvalue weighted by Crippen LogP contribution is -2.54. The van der Waals surface area contributed by atoms with Crippen LogP contribution >= 0.6 is 11.6 Å². The summed E-state index contributed by atoms with van der Waals surface area (Å²) in [6.07, 6.45) is 2.11. The topological polar surface area (TPSA) is 128 Å². The molecule has 0 atom stereocenters. The number of halogens is 1. The van der Waals surface area contributed by atoms with Crippen LogP contribution < -0.4 is 19.7 Å². The Balaban J connectivity index is 1.61. The largest absolute Gasteiger partial charge is 0.494 e. The van der Waals surface area contributed by atoms with Gasteiger partial charge in [-0.05, 0) is 60.5 Å². The summed E-state index contributed by atoms with van der Waals surface area (Å²) >= 11 is 6.16. The highest BCUT2D eigenvalue weighted by atomic mass is 35.5. The van der Waals surface area contributed by atoms with E-state index in [0.29, 0.717) is 28.5 Å². The van der Waals surface area contributed by atoms with Crippen molar-refractivity contribution in [1.82, 2.24) is 5.32 Å². The Morgan fingerprint density at radius 3 is 2.50 bits per heavy atom. The van der Waals surface area contributed by atoms with Crippen molar-refractivity contribution in [2.75, 3.05) is 11.5 Å². The number of rotatable bonds is 9. The summed E-state index contributed by atoms with van der Waals surface area (Å²) in [5.74, 6) is -0.846. The predicted molar refractivity (Wildman–Crippen MR) is 140 cm³/mol. The van der Waals surface area contributed by atoms with Gasteiger partial charge in [-0.15, -0.1) is 0 Å². The van der Waals surface area contributed by atoms with E-state index in [1.165, 1.54) is 24.3 Å². The second-order valence-electron chi connectivity index (χ2n) is 8.20. The van der Waals surface area contributed by atoms with Crippen LogP contribution in [0.5, 0.6) is 11.5 Å². The fraction of sp³-hybridized carbons (Fsp3) is 0.148. The standard InChI is InChI=1S/C27H22ClN3O7/c1-2-12-37-22-9-7-20(8-10-22)30-26(33)23(25(32)29-27(30)34)15-18-14-19(28)6-11-24(18)38-16-17-4-3-5-21(13-17)31(35)36/h3-11,13-15H,2,12,16H2,1H3,(H,29,32,34)/b23-15-. The molecule has 3 aromatic carbocycles. The summed E-state index contributed by atoms with van der Waals surface area (Å²) in [5, 5.41) is 13.5. The summed E-state index contributed by atoms with van der Waals surface area (Å²) in [4.78, 5) is 49.9. The van der Waals surface area contributed by atoms with E-state index < -0.39 is 22.8 Å². The lowest BCUT2D eigenvalue weighted by molar-refractivity contribution is -0.384. The number of hydrogen-bond donors (Lipinski definition) is 1. The molecular weight excluding hydrogens is 514 g/mol. The van der Waals surface area contributed by atoms with Crippen molar-refractivity contribution in [3.63, 3.8) is 0 Å². The number of amides is 4. The summed E-state index contributed by atoms with van der Waals surface area (Å²) < 4.78 is 11.4. The number of nitro groups is 1. The van der Waals surface area contributed by atoms with E-state index in [0.717, 1.165) is 11.3 Å². The van der Waals surface area contributed by atoms with Gasteiger partial charge in [0.15, 0.2) is 0 Å². The highest BCUT2D eigenvalue weighted by molar-refractivity contribution is 6.39. The van der Waals surface area contributed by atoms with Crippen LogP contribution in [-0.4, -0.2) is 29.4 Å². The maximum absolute atomic E-state index is 13.3. The third-order valence-corrected chi connectivity index (χ3v) is 5.69. The number of nitro benzene ring substituents is 1. The Morgan fingerprint density at radius 2 is 1.79 bits per heavy atom.